The maximum Gasteiger partial charge on any atom is 0.278 e. The summed E-state index contributed by atoms with van der Waals surface area (Å²) in [5.41, 5.74) is 0.375. The van der Waals surface area contributed by atoms with Gasteiger partial charge >= 0.3 is 0 Å². The molecular formula is C19H21F2N3O3. The van der Waals surface area contributed by atoms with Crippen LogP contribution in [0, 0.1) is 23.7 Å². The molecule has 3 rings (SSSR count). The van der Waals surface area contributed by atoms with Crippen molar-refractivity contribution in [3.8, 4) is 5.88 Å². The molecule has 0 saturated carbocycles. The quantitative estimate of drug-likeness (QED) is 0.450. The molecule has 8 heteroatoms. The molecular weight excluding hydrogens is 356 g/mol. The first-order chi connectivity index (χ1) is 12.6. The summed E-state index contributed by atoms with van der Waals surface area (Å²) in [4.78, 5) is 29.5. The largest absolute Gasteiger partial charge is 0.471 e. The van der Waals surface area contributed by atoms with E-state index in [4.69, 9.17) is 10.1 Å². The summed E-state index contributed by atoms with van der Waals surface area (Å²) in [6.45, 7) is 3.80. The van der Waals surface area contributed by atoms with Gasteiger partial charge < -0.3 is 15.0 Å². The third kappa shape index (κ3) is 3.24. The van der Waals surface area contributed by atoms with E-state index in [1.807, 2.05) is 6.92 Å². The highest BCUT2D eigenvalue weighted by molar-refractivity contribution is 6.32. The van der Waals surface area contributed by atoms with Gasteiger partial charge in [0.1, 0.15) is 0 Å². The summed E-state index contributed by atoms with van der Waals surface area (Å²) in [5.74, 6) is -3.45. The molecule has 1 aromatic heterocycles. The van der Waals surface area contributed by atoms with Gasteiger partial charge in [-0.1, -0.05) is 12.2 Å². The number of aromatic nitrogens is 1. The molecule has 0 radical (unpaired) electrons. The van der Waals surface area contributed by atoms with Crippen molar-refractivity contribution in [2.45, 2.75) is 32.7 Å². The van der Waals surface area contributed by atoms with Crippen LogP contribution in [0.3, 0.4) is 0 Å². The van der Waals surface area contributed by atoms with Crippen molar-refractivity contribution < 1.29 is 23.1 Å². The van der Waals surface area contributed by atoms with Crippen LogP contribution in [-0.2, 0) is 9.59 Å². The molecule has 3 atom stereocenters. The molecule has 0 aromatic carbocycles. The number of carbonyl (C=O) groups is 2. The second kappa shape index (κ2) is 6.51. The van der Waals surface area contributed by atoms with E-state index in [2.05, 4.69) is 4.98 Å². The van der Waals surface area contributed by atoms with E-state index in [-0.39, 0.29) is 30.1 Å². The first kappa shape index (κ1) is 19.1. The van der Waals surface area contributed by atoms with Crippen molar-refractivity contribution in [1.29, 1.82) is 5.41 Å². The number of hydrogen-bond donors (Lipinski definition) is 1. The molecule has 1 aliphatic heterocycles. The Morgan fingerprint density at radius 1 is 1.59 bits per heavy atom. The number of likely N-dealkylation sites (tertiary alicyclic amines) is 1. The minimum Gasteiger partial charge on any atom is -0.471 e. The average molecular weight is 377 g/mol. The van der Waals surface area contributed by atoms with Crippen LogP contribution in [0.2, 0.25) is 0 Å². The summed E-state index contributed by atoms with van der Waals surface area (Å²) in [6, 6.07) is 1.41. The van der Waals surface area contributed by atoms with Crippen LogP contribution < -0.4 is 4.74 Å². The van der Waals surface area contributed by atoms with E-state index >= 15 is 0 Å². The topological polar surface area (TPSA) is 83.4 Å². The Balaban J connectivity index is 1.78. The number of aldehydes is 1. The van der Waals surface area contributed by atoms with E-state index in [9.17, 15) is 18.4 Å². The number of halogens is 2. The van der Waals surface area contributed by atoms with Crippen molar-refractivity contribution in [3.63, 3.8) is 0 Å². The van der Waals surface area contributed by atoms with Gasteiger partial charge in [0.15, 0.2) is 12.9 Å². The average Bonchev–Trinajstić information content (AvgIpc) is 2.77. The van der Waals surface area contributed by atoms with Gasteiger partial charge in [-0.15, -0.1) is 0 Å². The predicted molar refractivity (Wildman–Crippen MR) is 94.1 cm³/mol. The van der Waals surface area contributed by atoms with Crippen LogP contribution in [0.15, 0.2) is 24.4 Å². The summed E-state index contributed by atoms with van der Waals surface area (Å²) < 4.78 is 31.0. The lowest BCUT2D eigenvalue weighted by Crippen LogP contribution is -2.42. The van der Waals surface area contributed by atoms with Gasteiger partial charge in [-0.25, -0.2) is 13.8 Å². The molecule has 1 saturated heterocycles. The van der Waals surface area contributed by atoms with Gasteiger partial charge in [0.05, 0.1) is 23.1 Å². The zero-order valence-electron chi connectivity index (χ0n) is 15.3. The molecule has 2 heterocycles. The number of pyridine rings is 1. The number of carbonyl (C=O) groups excluding carboxylic acids is 2. The van der Waals surface area contributed by atoms with E-state index in [1.165, 1.54) is 6.20 Å². The molecule has 1 amide bonds. The molecule has 0 spiro atoms. The van der Waals surface area contributed by atoms with Crippen LogP contribution in [0.4, 0.5) is 8.78 Å². The van der Waals surface area contributed by atoms with Gasteiger partial charge in [0, 0.05) is 25.2 Å². The number of fused-ring (bicyclic) bond motifs is 1. The van der Waals surface area contributed by atoms with Crippen molar-refractivity contribution in [1.82, 2.24) is 9.88 Å². The second-order valence-electron chi connectivity index (χ2n) is 7.30. The normalized spacial score (nSPS) is 25.0. The number of hydrogen-bond acceptors (Lipinski definition) is 5. The molecule has 6 nitrogen and oxygen atoms in total. The highest BCUT2D eigenvalue weighted by Crippen LogP contribution is 2.49. The number of amides is 1. The van der Waals surface area contributed by atoms with Crippen LogP contribution in [-0.4, -0.2) is 46.9 Å². The highest BCUT2D eigenvalue weighted by atomic mass is 19.3. The van der Waals surface area contributed by atoms with Crippen molar-refractivity contribution in [2.24, 2.45) is 11.3 Å². The van der Waals surface area contributed by atoms with Crippen LogP contribution >= 0.6 is 0 Å². The number of nitrogens with zero attached hydrogens (tertiary/aromatic N) is 2. The first-order valence-electron chi connectivity index (χ1n) is 8.60. The van der Waals surface area contributed by atoms with E-state index in [0.29, 0.717) is 11.8 Å². The Hall–Kier alpha value is -2.64. The number of aryl methyl sites for hydroxylation is 1. The smallest absolute Gasteiger partial charge is 0.278 e. The SMILES string of the molecule is Cc1cc(C(C)N2CC3(C(=N)C=O)C=CC3C2=O)cnc1OCC(C)(F)F. The van der Waals surface area contributed by atoms with Crippen LogP contribution in [0.5, 0.6) is 5.88 Å². The van der Waals surface area contributed by atoms with E-state index < -0.39 is 23.9 Å². The molecule has 27 heavy (non-hydrogen) atoms. The molecule has 3 unspecified atom stereocenters. The van der Waals surface area contributed by atoms with Crippen molar-refractivity contribution in [2.75, 3.05) is 13.2 Å². The zero-order valence-corrected chi connectivity index (χ0v) is 15.3. The Bertz CT molecular complexity index is 834. The fraction of sp³-hybridized carbons (Fsp3) is 0.474. The molecule has 2 aliphatic rings. The van der Waals surface area contributed by atoms with Crippen molar-refractivity contribution >= 4 is 17.9 Å². The van der Waals surface area contributed by atoms with Gasteiger partial charge in [-0.3, -0.25) is 9.59 Å². The van der Waals surface area contributed by atoms with E-state index in [0.717, 1.165) is 12.5 Å². The number of ether oxygens (including phenoxy) is 1. The van der Waals surface area contributed by atoms with E-state index in [1.54, 1.807) is 30.0 Å². The number of nitrogens with one attached hydrogen (secondary N) is 1. The van der Waals surface area contributed by atoms with Gasteiger partial charge in [0.25, 0.3) is 5.92 Å². The molecule has 1 fully saturated rings. The fourth-order valence-electron chi connectivity index (χ4n) is 3.54. The van der Waals surface area contributed by atoms with Crippen LogP contribution in [0.25, 0.3) is 0 Å². The zero-order chi connectivity index (χ0) is 20.0. The molecule has 144 valence electrons. The lowest BCUT2D eigenvalue weighted by molar-refractivity contribution is -0.131. The van der Waals surface area contributed by atoms with Gasteiger partial charge in [0.2, 0.25) is 11.8 Å². The monoisotopic (exact) mass is 377 g/mol. The summed E-state index contributed by atoms with van der Waals surface area (Å²) >= 11 is 0. The standard InChI is InChI=1S/C19H21F2N3O3/c1-11-6-13(7-23-16(11)27-10-18(3,20)21)12(2)24-9-19(15(22)8-25)5-4-14(19)17(24)26/h4-8,12,14,22H,9-10H2,1-3H3. The number of rotatable bonds is 7. The Labute approximate surface area is 155 Å². The Morgan fingerprint density at radius 3 is 2.81 bits per heavy atom. The molecule has 1 aliphatic carbocycles. The number of alkyl halides is 2. The fourth-order valence-corrected chi connectivity index (χ4v) is 3.54. The summed E-state index contributed by atoms with van der Waals surface area (Å²) in [7, 11) is 0. The van der Waals surface area contributed by atoms with Crippen molar-refractivity contribution in [3.05, 3.63) is 35.5 Å². The first-order valence-corrected chi connectivity index (χ1v) is 8.60. The maximum atomic E-state index is 13.0. The lowest BCUT2D eigenvalue weighted by atomic mass is 9.66. The minimum atomic E-state index is -2.95. The van der Waals surface area contributed by atoms with Gasteiger partial charge in [-0.2, -0.15) is 0 Å². The molecule has 0 bridgehead atoms. The minimum absolute atomic E-state index is 0.100. The third-order valence-electron chi connectivity index (χ3n) is 5.21. The summed E-state index contributed by atoms with van der Waals surface area (Å²) in [5, 5.41) is 7.91. The third-order valence-corrected chi connectivity index (χ3v) is 5.21. The Kier molecular flexibility index (Phi) is 4.61. The predicted octanol–water partition coefficient (Wildman–Crippen LogP) is 2.72. The van der Waals surface area contributed by atoms with Gasteiger partial charge in [-0.05, 0) is 25.5 Å². The second-order valence-corrected chi connectivity index (χ2v) is 7.30. The molecule has 1 aromatic rings. The van der Waals surface area contributed by atoms with Crippen LogP contribution in [0.1, 0.15) is 31.0 Å². The molecule has 1 N–H and O–H groups in total. The Morgan fingerprint density at radius 2 is 2.30 bits per heavy atom. The summed E-state index contributed by atoms with van der Waals surface area (Å²) in [6.07, 6.45) is 5.45. The maximum absolute atomic E-state index is 13.0. The highest BCUT2D eigenvalue weighted by Gasteiger charge is 2.57. The lowest BCUT2D eigenvalue weighted by Gasteiger charge is -2.34.